The van der Waals surface area contributed by atoms with E-state index in [-0.39, 0.29) is 0 Å². The van der Waals surface area contributed by atoms with Crippen LogP contribution in [0.5, 0.6) is 0 Å². The van der Waals surface area contributed by atoms with Gasteiger partial charge in [0.05, 0.1) is 0 Å². The maximum atomic E-state index is 11.1. The Morgan fingerprint density at radius 1 is 1.17 bits per heavy atom. The Balaban J connectivity index is 3.31. The molecule has 0 bridgehead atoms. The first-order chi connectivity index (χ1) is 8.60. The number of aliphatic hydroxyl groups is 1. The normalized spacial score (nSPS) is 17.8. The van der Waals surface area contributed by atoms with Crippen molar-refractivity contribution in [3.05, 3.63) is 48.6 Å². The van der Waals surface area contributed by atoms with E-state index in [2.05, 4.69) is 6.58 Å². The molecule has 0 aliphatic rings. The molecule has 0 aromatic heterocycles. The van der Waals surface area contributed by atoms with Crippen LogP contribution in [0.1, 0.15) is 39.2 Å². The molecule has 0 aliphatic heterocycles. The summed E-state index contributed by atoms with van der Waals surface area (Å²) in [5, 5.41) is 11.1. The molecule has 0 heterocycles. The summed E-state index contributed by atoms with van der Waals surface area (Å²) in [5.74, 6) is 0. The Morgan fingerprint density at radius 3 is 2.17 bits per heavy atom. The highest BCUT2D eigenvalue weighted by atomic mass is 16.5. The molecule has 2 nitrogen and oxygen atoms in total. The minimum Gasteiger partial charge on any atom is -0.382 e. The molecular weight excluding hydrogens is 224 g/mol. The number of hydrogen-bond donors (Lipinski definition) is 1. The first kappa shape index (κ1) is 14.9. The van der Waals surface area contributed by atoms with Crippen LogP contribution in [0.15, 0.2) is 43.0 Å². The number of benzene rings is 1. The highest BCUT2D eigenvalue weighted by molar-refractivity contribution is 5.29. The van der Waals surface area contributed by atoms with Crippen LogP contribution >= 0.6 is 0 Å². The van der Waals surface area contributed by atoms with E-state index in [1.807, 2.05) is 51.1 Å². The third-order valence-corrected chi connectivity index (χ3v) is 3.72. The van der Waals surface area contributed by atoms with Crippen LogP contribution in [0.25, 0.3) is 0 Å². The lowest BCUT2D eigenvalue weighted by Crippen LogP contribution is -2.51. The number of hydrogen-bond acceptors (Lipinski definition) is 2. The Kier molecular flexibility index (Phi) is 5.12. The third-order valence-electron chi connectivity index (χ3n) is 3.72. The fourth-order valence-corrected chi connectivity index (χ4v) is 2.61. The molecule has 0 amide bonds. The second kappa shape index (κ2) is 6.17. The summed E-state index contributed by atoms with van der Waals surface area (Å²) in [4.78, 5) is 0. The molecular formula is C16H24O2. The molecule has 0 saturated carbocycles. The van der Waals surface area contributed by atoms with E-state index in [1.165, 1.54) is 0 Å². The van der Waals surface area contributed by atoms with Crippen molar-refractivity contribution in [2.45, 2.75) is 44.8 Å². The van der Waals surface area contributed by atoms with Crippen molar-refractivity contribution in [2.24, 2.45) is 0 Å². The summed E-state index contributed by atoms with van der Waals surface area (Å²) < 4.78 is 5.87. The van der Waals surface area contributed by atoms with Gasteiger partial charge in [0.2, 0.25) is 0 Å². The lowest BCUT2D eigenvalue weighted by atomic mass is 9.74. The van der Waals surface area contributed by atoms with Crippen LogP contribution in [0.3, 0.4) is 0 Å². The van der Waals surface area contributed by atoms with E-state index in [0.29, 0.717) is 19.4 Å². The van der Waals surface area contributed by atoms with Crippen molar-refractivity contribution in [1.29, 1.82) is 0 Å². The van der Waals surface area contributed by atoms with E-state index < -0.39 is 11.2 Å². The van der Waals surface area contributed by atoms with Gasteiger partial charge in [0.15, 0.2) is 0 Å². The molecule has 1 rings (SSSR count). The van der Waals surface area contributed by atoms with Crippen molar-refractivity contribution in [3.63, 3.8) is 0 Å². The van der Waals surface area contributed by atoms with Gasteiger partial charge >= 0.3 is 0 Å². The standard InChI is InChI=1S/C16H24O2/c1-5-15(6-2,18-8-4)16(17,7-3)14-12-10-9-11-13-14/h5,9-13,17H,1,6-8H2,2-4H3/t15-,16-/m1/s1. The average molecular weight is 248 g/mol. The molecule has 18 heavy (non-hydrogen) atoms. The fourth-order valence-electron chi connectivity index (χ4n) is 2.61. The molecule has 1 N–H and O–H groups in total. The van der Waals surface area contributed by atoms with Crippen LogP contribution in [0, 0.1) is 0 Å². The smallest absolute Gasteiger partial charge is 0.122 e. The third kappa shape index (κ3) is 2.36. The lowest BCUT2D eigenvalue weighted by molar-refractivity contribution is -0.164. The van der Waals surface area contributed by atoms with Crippen molar-refractivity contribution >= 4 is 0 Å². The van der Waals surface area contributed by atoms with Gasteiger partial charge in [-0.3, -0.25) is 0 Å². The molecule has 2 heteroatoms. The lowest BCUT2D eigenvalue weighted by Gasteiger charge is -2.44. The summed E-state index contributed by atoms with van der Waals surface area (Å²) in [6.45, 7) is 10.4. The van der Waals surface area contributed by atoms with Gasteiger partial charge in [-0.1, -0.05) is 50.3 Å². The van der Waals surface area contributed by atoms with Crippen molar-refractivity contribution < 1.29 is 9.84 Å². The van der Waals surface area contributed by atoms with Gasteiger partial charge < -0.3 is 9.84 Å². The van der Waals surface area contributed by atoms with Crippen LogP contribution in [-0.4, -0.2) is 17.3 Å². The Hall–Kier alpha value is -1.12. The zero-order valence-corrected chi connectivity index (χ0v) is 11.6. The number of rotatable bonds is 7. The van der Waals surface area contributed by atoms with Gasteiger partial charge in [0, 0.05) is 6.61 Å². The molecule has 100 valence electrons. The fraction of sp³-hybridized carbons (Fsp3) is 0.500. The van der Waals surface area contributed by atoms with Gasteiger partial charge in [-0.05, 0) is 25.3 Å². The van der Waals surface area contributed by atoms with Crippen LogP contribution in [0.4, 0.5) is 0 Å². The number of ether oxygens (including phenoxy) is 1. The Morgan fingerprint density at radius 2 is 1.78 bits per heavy atom. The van der Waals surface area contributed by atoms with Gasteiger partial charge in [0.1, 0.15) is 11.2 Å². The highest BCUT2D eigenvalue weighted by Gasteiger charge is 2.48. The summed E-state index contributed by atoms with van der Waals surface area (Å²) in [6, 6.07) is 9.70. The maximum absolute atomic E-state index is 11.1. The predicted molar refractivity (Wildman–Crippen MR) is 75.5 cm³/mol. The second-order valence-corrected chi connectivity index (χ2v) is 4.46. The van der Waals surface area contributed by atoms with Gasteiger partial charge in [0.25, 0.3) is 0 Å². The van der Waals surface area contributed by atoms with Gasteiger partial charge in [-0.2, -0.15) is 0 Å². The minimum atomic E-state index is -1.04. The SMILES string of the molecule is C=C[C@](CC)(OCC)[C@@](O)(CC)c1ccccc1. The largest absolute Gasteiger partial charge is 0.382 e. The van der Waals surface area contributed by atoms with Crippen LogP contribution in [-0.2, 0) is 10.3 Å². The predicted octanol–water partition coefficient (Wildman–Crippen LogP) is 3.66. The maximum Gasteiger partial charge on any atom is 0.122 e. The van der Waals surface area contributed by atoms with Crippen LogP contribution < -0.4 is 0 Å². The van der Waals surface area contributed by atoms with Crippen molar-refractivity contribution in [1.82, 2.24) is 0 Å². The average Bonchev–Trinajstić information content (AvgIpc) is 2.45. The topological polar surface area (TPSA) is 29.5 Å². The van der Waals surface area contributed by atoms with E-state index >= 15 is 0 Å². The molecule has 1 aromatic carbocycles. The second-order valence-electron chi connectivity index (χ2n) is 4.46. The van der Waals surface area contributed by atoms with Gasteiger partial charge in [-0.15, -0.1) is 6.58 Å². The van der Waals surface area contributed by atoms with Gasteiger partial charge in [-0.25, -0.2) is 0 Å². The first-order valence-electron chi connectivity index (χ1n) is 6.65. The zero-order chi connectivity index (χ0) is 13.6. The first-order valence-corrected chi connectivity index (χ1v) is 6.65. The Bertz CT molecular complexity index is 374. The molecule has 0 fully saturated rings. The molecule has 0 saturated heterocycles. The summed E-state index contributed by atoms with van der Waals surface area (Å²) in [5.41, 5.74) is -0.902. The quantitative estimate of drug-likeness (QED) is 0.746. The Labute approximate surface area is 110 Å². The van der Waals surface area contributed by atoms with E-state index in [0.717, 1.165) is 5.56 Å². The van der Waals surface area contributed by atoms with Crippen LogP contribution in [0.2, 0.25) is 0 Å². The van der Waals surface area contributed by atoms with E-state index in [4.69, 9.17) is 4.74 Å². The van der Waals surface area contributed by atoms with Crippen molar-refractivity contribution in [2.75, 3.05) is 6.61 Å². The van der Waals surface area contributed by atoms with E-state index in [9.17, 15) is 5.11 Å². The molecule has 2 atom stereocenters. The molecule has 0 radical (unpaired) electrons. The summed E-state index contributed by atoms with van der Waals surface area (Å²) in [6.07, 6.45) is 3.01. The molecule has 0 spiro atoms. The van der Waals surface area contributed by atoms with Crippen molar-refractivity contribution in [3.8, 4) is 0 Å². The molecule has 0 aliphatic carbocycles. The van der Waals surface area contributed by atoms with E-state index in [1.54, 1.807) is 6.08 Å². The zero-order valence-electron chi connectivity index (χ0n) is 11.6. The summed E-state index contributed by atoms with van der Waals surface area (Å²) >= 11 is 0. The monoisotopic (exact) mass is 248 g/mol. The highest BCUT2D eigenvalue weighted by Crippen LogP contribution is 2.41. The molecule has 1 aromatic rings. The summed E-state index contributed by atoms with van der Waals surface area (Å²) in [7, 11) is 0. The minimum absolute atomic E-state index is 0.551. The molecule has 0 unspecified atom stereocenters.